The van der Waals surface area contributed by atoms with Gasteiger partial charge in [-0.05, 0) is 49.1 Å². The maximum Gasteiger partial charge on any atom is 0.128 e. The predicted molar refractivity (Wildman–Crippen MR) is 89.9 cm³/mol. The summed E-state index contributed by atoms with van der Waals surface area (Å²) in [6.45, 7) is 6.05. The van der Waals surface area contributed by atoms with Gasteiger partial charge in [0.15, 0.2) is 0 Å². The van der Waals surface area contributed by atoms with E-state index >= 15 is 0 Å². The Hall–Kier alpha value is -1.32. The van der Waals surface area contributed by atoms with Crippen LogP contribution in [0.1, 0.15) is 35.6 Å². The fraction of sp³-hybridized carbons (Fsp3) is 0.333. The summed E-state index contributed by atoms with van der Waals surface area (Å²) in [5.41, 5.74) is 2.84. The van der Waals surface area contributed by atoms with Crippen LogP contribution in [0.4, 0.5) is 0 Å². The lowest BCUT2D eigenvalue weighted by molar-refractivity contribution is 0.0735. The minimum Gasteiger partial charge on any atom is -0.496 e. The number of hydrogen-bond donors (Lipinski definition) is 1. The van der Waals surface area contributed by atoms with Crippen molar-refractivity contribution in [3.05, 3.63) is 63.1 Å². The van der Waals surface area contributed by atoms with Crippen LogP contribution in [0.5, 0.6) is 5.75 Å². The number of aryl methyl sites for hydroxylation is 1. The van der Waals surface area contributed by atoms with Crippen molar-refractivity contribution in [1.29, 1.82) is 0 Å². The molecule has 2 aromatic rings. The van der Waals surface area contributed by atoms with Crippen LogP contribution in [-0.4, -0.2) is 12.2 Å². The van der Waals surface area contributed by atoms with Crippen molar-refractivity contribution < 1.29 is 9.84 Å². The summed E-state index contributed by atoms with van der Waals surface area (Å²) in [7, 11) is 1.66. The van der Waals surface area contributed by atoms with Crippen LogP contribution in [0.25, 0.3) is 0 Å². The summed E-state index contributed by atoms with van der Waals surface area (Å²) < 4.78 is 6.54. The average molecular weight is 349 g/mol. The number of halogens is 1. The molecule has 0 radical (unpaired) electrons. The number of rotatable bonds is 4. The topological polar surface area (TPSA) is 29.5 Å². The minimum absolute atomic E-state index is 0.572. The first-order valence-corrected chi connectivity index (χ1v) is 7.86. The van der Waals surface area contributed by atoms with E-state index in [0.29, 0.717) is 6.42 Å². The van der Waals surface area contributed by atoms with Crippen LogP contribution in [0.2, 0.25) is 0 Å². The summed E-state index contributed by atoms with van der Waals surface area (Å²) in [5.74, 6) is 0.763. The molecular formula is C18H21BrO2. The van der Waals surface area contributed by atoms with Crippen molar-refractivity contribution in [1.82, 2.24) is 0 Å². The van der Waals surface area contributed by atoms with Gasteiger partial charge in [0.05, 0.1) is 7.11 Å². The van der Waals surface area contributed by atoms with Crippen molar-refractivity contribution in [3.8, 4) is 5.75 Å². The molecule has 1 unspecified atom stereocenters. The number of benzene rings is 2. The molecule has 0 spiro atoms. The number of hydrogen-bond acceptors (Lipinski definition) is 2. The van der Waals surface area contributed by atoms with Crippen LogP contribution < -0.4 is 4.74 Å². The third kappa shape index (κ3) is 2.85. The van der Waals surface area contributed by atoms with Gasteiger partial charge in [-0.15, -0.1) is 0 Å². The Morgan fingerprint density at radius 3 is 2.48 bits per heavy atom. The zero-order valence-electron chi connectivity index (χ0n) is 12.9. The monoisotopic (exact) mass is 348 g/mol. The summed E-state index contributed by atoms with van der Waals surface area (Å²) >= 11 is 3.48. The molecule has 21 heavy (non-hydrogen) atoms. The molecule has 1 N–H and O–H groups in total. The molecule has 3 heteroatoms. The Morgan fingerprint density at radius 1 is 1.19 bits per heavy atom. The van der Waals surface area contributed by atoms with E-state index in [1.807, 2.05) is 57.2 Å². The molecule has 112 valence electrons. The first-order valence-electron chi connectivity index (χ1n) is 7.07. The number of methoxy groups -OCH3 is 1. The molecule has 0 amide bonds. The van der Waals surface area contributed by atoms with E-state index in [9.17, 15) is 5.11 Å². The van der Waals surface area contributed by atoms with Crippen molar-refractivity contribution in [2.45, 2.75) is 32.8 Å². The van der Waals surface area contributed by atoms with Gasteiger partial charge in [0, 0.05) is 10.0 Å². The summed E-state index contributed by atoms with van der Waals surface area (Å²) in [5, 5.41) is 11.3. The fourth-order valence-corrected chi connectivity index (χ4v) is 3.07. The van der Waals surface area contributed by atoms with Crippen molar-refractivity contribution in [2.75, 3.05) is 7.11 Å². The van der Waals surface area contributed by atoms with Crippen molar-refractivity contribution in [3.63, 3.8) is 0 Å². The zero-order chi connectivity index (χ0) is 15.6. The lowest BCUT2D eigenvalue weighted by Gasteiger charge is -2.30. The summed E-state index contributed by atoms with van der Waals surface area (Å²) in [4.78, 5) is 0. The second kappa shape index (κ2) is 6.20. The van der Waals surface area contributed by atoms with Gasteiger partial charge in [-0.1, -0.05) is 47.1 Å². The van der Waals surface area contributed by atoms with E-state index in [0.717, 1.165) is 32.5 Å². The Bertz CT molecular complexity index is 652. The van der Waals surface area contributed by atoms with Gasteiger partial charge in [0.25, 0.3) is 0 Å². The van der Waals surface area contributed by atoms with Crippen LogP contribution in [-0.2, 0) is 5.60 Å². The standard InChI is InChI=1S/C18H21BrO2/c1-5-18(20,14-7-6-8-15(19)11-14)16-10-9-12(2)13(3)17(16)21-4/h6-11,20H,5H2,1-4H3. The molecule has 0 saturated heterocycles. The minimum atomic E-state index is -1.06. The Morgan fingerprint density at radius 2 is 1.90 bits per heavy atom. The van der Waals surface area contributed by atoms with E-state index in [1.54, 1.807) is 7.11 Å². The summed E-state index contributed by atoms with van der Waals surface area (Å²) in [6.07, 6.45) is 0.572. The maximum absolute atomic E-state index is 11.3. The molecule has 0 aromatic heterocycles. The first kappa shape index (κ1) is 16.1. The quantitative estimate of drug-likeness (QED) is 0.865. The molecule has 0 saturated carbocycles. The van der Waals surface area contributed by atoms with Gasteiger partial charge in [-0.25, -0.2) is 0 Å². The first-order chi connectivity index (χ1) is 9.93. The zero-order valence-corrected chi connectivity index (χ0v) is 14.5. The largest absolute Gasteiger partial charge is 0.496 e. The van der Waals surface area contributed by atoms with E-state index in [1.165, 1.54) is 0 Å². The van der Waals surface area contributed by atoms with Gasteiger partial charge in [0.1, 0.15) is 11.4 Å². The molecule has 1 atom stereocenters. The van der Waals surface area contributed by atoms with E-state index in [2.05, 4.69) is 15.9 Å². The normalized spacial score (nSPS) is 13.8. The molecular weight excluding hydrogens is 328 g/mol. The van der Waals surface area contributed by atoms with Gasteiger partial charge in [-0.3, -0.25) is 0 Å². The molecule has 0 bridgehead atoms. The number of aliphatic hydroxyl groups is 1. The Labute approximate surface area is 134 Å². The van der Waals surface area contributed by atoms with Crippen molar-refractivity contribution in [2.24, 2.45) is 0 Å². The molecule has 0 aliphatic carbocycles. The van der Waals surface area contributed by atoms with Crippen LogP contribution >= 0.6 is 15.9 Å². The highest BCUT2D eigenvalue weighted by Crippen LogP contribution is 2.41. The lowest BCUT2D eigenvalue weighted by Crippen LogP contribution is -2.27. The number of ether oxygens (including phenoxy) is 1. The molecule has 0 aliphatic heterocycles. The van der Waals surface area contributed by atoms with Crippen LogP contribution in [0.15, 0.2) is 40.9 Å². The third-order valence-corrected chi connectivity index (χ3v) is 4.63. The SMILES string of the molecule is CCC(O)(c1cccc(Br)c1)c1ccc(C)c(C)c1OC. The van der Waals surface area contributed by atoms with Gasteiger partial charge in [-0.2, -0.15) is 0 Å². The maximum atomic E-state index is 11.3. The van der Waals surface area contributed by atoms with E-state index in [-0.39, 0.29) is 0 Å². The molecule has 2 nitrogen and oxygen atoms in total. The molecule has 0 fully saturated rings. The van der Waals surface area contributed by atoms with Gasteiger partial charge in [0.2, 0.25) is 0 Å². The molecule has 2 aromatic carbocycles. The highest BCUT2D eigenvalue weighted by molar-refractivity contribution is 9.10. The molecule has 0 heterocycles. The smallest absolute Gasteiger partial charge is 0.128 e. The van der Waals surface area contributed by atoms with Crippen molar-refractivity contribution >= 4 is 15.9 Å². The lowest BCUT2D eigenvalue weighted by atomic mass is 9.82. The average Bonchev–Trinajstić information content (AvgIpc) is 2.49. The molecule has 2 rings (SSSR count). The summed E-state index contributed by atoms with van der Waals surface area (Å²) in [6, 6.07) is 11.8. The van der Waals surface area contributed by atoms with E-state index in [4.69, 9.17) is 4.74 Å². The second-order valence-corrected chi connectivity index (χ2v) is 6.23. The van der Waals surface area contributed by atoms with E-state index < -0.39 is 5.60 Å². The van der Waals surface area contributed by atoms with Crippen LogP contribution in [0, 0.1) is 13.8 Å². The van der Waals surface area contributed by atoms with Crippen LogP contribution in [0.3, 0.4) is 0 Å². The second-order valence-electron chi connectivity index (χ2n) is 5.31. The highest BCUT2D eigenvalue weighted by Gasteiger charge is 2.33. The Balaban J connectivity index is 2.69. The van der Waals surface area contributed by atoms with Gasteiger partial charge < -0.3 is 9.84 Å². The highest BCUT2D eigenvalue weighted by atomic mass is 79.9. The Kier molecular flexibility index (Phi) is 4.74. The predicted octanol–water partition coefficient (Wildman–Crippen LogP) is 4.72. The third-order valence-electron chi connectivity index (χ3n) is 4.14. The molecule has 0 aliphatic rings. The fourth-order valence-electron chi connectivity index (χ4n) is 2.67. The van der Waals surface area contributed by atoms with Gasteiger partial charge >= 0.3 is 0 Å².